The molecule has 0 aliphatic heterocycles. The molecule has 272 valence electrons. The van der Waals surface area contributed by atoms with Crippen LogP contribution < -0.4 is 15.6 Å². The normalized spacial score (nSPS) is 13.1. The van der Waals surface area contributed by atoms with E-state index >= 15 is 0 Å². The number of carbonyl (C=O) groups excluding carboxylic acids is 3. The zero-order chi connectivity index (χ0) is 37.8. The topological polar surface area (TPSA) is 104 Å². The summed E-state index contributed by atoms with van der Waals surface area (Å²) in [5.74, 6) is -12.3. The van der Waals surface area contributed by atoms with Crippen molar-refractivity contribution in [3.8, 4) is 5.75 Å². The lowest BCUT2D eigenvalue weighted by atomic mass is 9.97. The summed E-state index contributed by atoms with van der Waals surface area (Å²) < 4.78 is 106. The van der Waals surface area contributed by atoms with Crippen molar-refractivity contribution >= 4 is 40.0 Å². The third kappa shape index (κ3) is 9.45. The summed E-state index contributed by atoms with van der Waals surface area (Å²) >= 11 is 6.05. The number of alkyl halides is 3. The minimum Gasteiger partial charge on any atom is -0.479 e. The molecule has 1 N–H and O–H groups in total. The Bertz CT molecular complexity index is 1990. The maximum atomic E-state index is 14.2. The molecule has 2 atom stereocenters. The van der Waals surface area contributed by atoms with Crippen LogP contribution in [0, 0.1) is 23.3 Å². The first kappa shape index (κ1) is 38.9. The molecule has 0 aliphatic rings. The van der Waals surface area contributed by atoms with E-state index in [2.05, 4.69) is 5.32 Å². The average Bonchev–Trinajstić information content (AvgIpc) is 3.04. The highest BCUT2D eigenvalue weighted by Crippen LogP contribution is 2.30. The molecule has 0 saturated carbocycles. The quantitative estimate of drug-likeness (QED) is 0.0879. The number of ether oxygens (including phenoxy) is 2. The number of halogens is 8. The lowest BCUT2D eigenvalue weighted by Crippen LogP contribution is -2.48. The Hall–Kier alpha value is -4.92. The van der Waals surface area contributed by atoms with Gasteiger partial charge in [-0.3, -0.25) is 19.2 Å². The van der Waals surface area contributed by atoms with Crippen LogP contribution in [0.25, 0.3) is 10.8 Å². The molecular formula is C35H30ClF7N2O6. The van der Waals surface area contributed by atoms with Crippen LogP contribution in [-0.4, -0.2) is 40.5 Å². The van der Waals surface area contributed by atoms with Gasteiger partial charge in [0.2, 0.25) is 17.5 Å². The largest absolute Gasteiger partial charge is 0.479 e. The lowest BCUT2D eigenvalue weighted by Gasteiger charge is -2.27. The van der Waals surface area contributed by atoms with Crippen molar-refractivity contribution in [3.63, 3.8) is 0 Å². The van der Waals surface area contributed by atoms with Crippen LogP contribution in [0.2, 0.25) is 5.02 Å². The van der Waals surface area contributed by atoms with E-state index in [9.17, 15) is 49.9 Å². The van der Waals surface area contributed by atoms with Gasteiger partial charge in [-0.05, 0) is 61.5 Å². The summed E-state index contributed by atoms with van der Waals surface area (Å²) in [4.78, 5) is 53.4. The van der Waals surface area contributed by atoms with Crippen molar-refractivity contribution in [1.29, 1.82) is 0 Å². The molecule has 4 rings (SSSR count). The molecule has 1 heterocycles. The highest BCUT2D eigenvalue weighted by molar-refractivity contribution is 6.31. The van der Waals surface area contributed by atoms with Crippen molar-refractivity contribution in [2.45, 2.75) is 63.9 Å². The standard InChI is InChI=1S/C35H30ClF7N2O6/c1-4-26(45-12-11-19-7-10-21(36)13-22(19)33(45)49)32(48)44-25(27(46)17-50-31-29(39)23(37)14-24(38)30(31)40)15-28(47)51-34(2,3)16-18-5-8-20(9-6-18)35(41,42)43/h5-14,25-26H,4,15-17H2,1-3H3,(H,44,48)/t25?,26-/m0/s1. The third-order valence-corrected chi connectivity index (χ3v) is 7.96. The highest BCUT2D eigenvalue weighted by atomic mass is 35.5. The number of carbonyl (C=O) groups is 3. The molecule has 8 nitrogen and oxygen atoms in total. The predicted octanol–water partition coefficient (Wildman–Crippen LogP) is 7.27. The van der Waals surface area contributed by atoms with Crippen LogP contribution in [0.5, 0.6) is 5.75 Å². The van der Waals surface area contributed by atoms with Gasteiger partial charge >= 0.3 is 12.1 Å². The number of esters is 1. The summed E-state index contributed by atoms with van der Waals surface area (Å²) in [5.41, 5.74) is -2.48. The number of nitrogens with zero attached hydrogens (tertiary/aromatic N) is 1. The van der Waals surface area contributed by atoms with Gasteiger partial charge in [-0.1, -0.05) is 36.7 Å². The number of hydrogen-bond donors (Lipinski definition) is 1. The number of hydrogen-bond acceptors (Lipinski definition) is 6. The van der Waals surface area contributed by atoms with Gasteiger partial charge in [-0.15, -0.1) is 0 Å². The van der Waals surface area contributed by atoms with Gasteiger partial charge in [0.25, 0.3) is 5.56 Å². The first-order valence-electron chi connectivity index (χ1n) is 15.3. The van der Waals surface area contributed by atoms with Gasteiger partial charge < -0.3 is 19.4 Å². The molecule has 3 aromatic carbocycles. The number of ketones is 1. The van der Waals surface area contributed by atoms with E-state index in [4.69, 9.17) is 21.1 Å². The van der Waals surface area contributed by atoms with Crippen LogP contribution in [0.1, 0.15) is 50.8 Å². The molecule has 4 aromatic rings. The molecule has 1 aromatic heterocycles. The molecular weight excluding hydrogens is 713 g/mol. The van der Waals surface area contributed by atoms with Crippen molar-refractivity contribution in [2.24, 2.45) is 0 Å². The van der Waals surface area contributed by atoms with E-state index in [1.165, 1.54) is 38.2 Å². The number of aromatic nitrogens is 1. The fourth-order valence-corrected chi connectivity index (χ4v) is 5.44. The van der Waals surface area contributed by atoms with Crippen molar-refractivity contribution in [2.75, 3.05) is 6.61 Å². The molecule has 0 radical (unpaired) electrons. The maximum Gasteiger partial charge on any atom is 0.416 e. The molecule has 1 amide bonds. The predicted molar refractivity (Wildman–Crippen MR) is 171 cm³/mol. The van der Waals surface area contributed by atoms with E-state index in [0.29, 0.717) is 10.9 Å². The van der Waals surface area contributed by atoms with Crippen molar-refractivity contribution < 1.29 is 54.6 Å². The Morgan fingerprint density at radius 3 is 2.14 bits per heavy atom. The highest BCUT2D eigenvalue weighted by Gasteiger charge is 2.33. The van der Waals surface area contributed by atoms with Gasteiger partial charge in [0.05, 0.1) is 12.0 Å². The van der Waals surface area contributed by atoms with Crippen molar-refractivity contribution in [1.82, 2.24) is 9.88 Å². The number of pyridine rings is 1. The van der Waals surface area contributed by atoms with Crippen LogP contribution in [-0.2, 0) is 31.7 Å². The Balaban J connectivity index is 1.58. The molecule has 0 spiro atoms. The number of nitrogens with one attached hydrogen (secondary N) is 1. The number of benzene rings is 3. The van der Waals surface area contributed by atoms with Gasteiger partial charge in [-0.25, -0.2) is 8.78 Å². The second-order valence-corrected chi connectivity index (χ2v) is 12.5. The lowest BCUT2D eigenvalue weighted by molar-refractivity contribution is -0.158. The summed E-state index contributed by atoms with van der Waals surface area (Å²) in [7, 11) is 0. The first-order valence-corrected chi connectivity index (χ1v) is 15.7. The fourth-order valence-electron chi connectivity index (χ4n) is 5.27. The molecule has 0 aliphatic carbocycles. The van der Waals surface area contributed by atoms with Crippen LogP contribution in [0.4, 0.5) is 30.7 Å². The van der Waals surface area contributed by atoms with Gasteiger partial charge in [0.15, 0.2) is 23.2 Å². The Labute approximate surface area is 291 Å². The second-order valence-electron chi connectivity index (χ2n) is 12.1. The SMILES string of the molecule is CC[C@@H](C(=O)NC(CC(=O)OC(C)(C)Cc1ccc(C(F)(F)F)cc1)C(=O)COc1c(F)c(F)cc(F)c1F)n1ccc2ccc(Cl)cc2c1=O. The van der Waals surface area contributed by atoms with Gasteiger partial charge in [0, 0.05) is 29.1 Å². The van der Waals surface area contributed by atoms with Crippen molar-refractivity contribution in [3.05, 3.63) is 111 Å². The van der Waals surface area contributed by atoms with Crippen LogP contribution in [0.15, 0.2) is 65.6 Å². The Morgan fingerprint density at radius 1 is 0.922 bits per heavy atom. The van der Waals surface area contributed by atoms with E-state index in [1.54, 1.807) is 25.1 Å². The smallest absolute Gasteiger partial charge is 0.416 e. The molecule has 51 heavy (non-hydrogen) atoms. The zero-order valence-corrected chi connectivity index (χ0v) is 27.9. The molecule has 0 bridgehead atoms. The molecule has 0 fully saturated rings. The first-order chi connectivity index (χ1) is 23.8. The van der Waals surface area contributed by atoms with Crippen LogP contribution >= 0.6 is 11.6 Å². The number of rotatable bonds is 13. The molecule has 1 unspecified atom stereocenters. The Morgan fingerprint density at radius 2 is 1.55 bits per heavy atom. The average molecular weight is 743 g/mol. The third-order valence-electron chi connectivity index (χ3n) is 7.73. The number of fused-ring (bicyclic) bond motifs is 1. The summed E-state index contributed by atoms with van der Waals surface area (Å²) in [5, 5.41) is 3.29. The summed E-state index contributed by atoms with van der Waals surface area (Å²) in [6, 6.07) is 7.07. The summed E-state index contributed by atoms with van der Waals surface area (Å²) in [6.45, 7) is 3.16. The van der Waals surface area contributed by atoms with Crippen LogP contribution in [0.3, 0.4) is 0 Å². The summed E-state index contributed by atoms with van der Waals surface area (Å²) in [6.07, 6.45) is -4.19. The zero-order valence-electron chi connectivity index (χ0n) is 27.2. The van der Waals surface area contributed by atoms with Gasteiger partial charge in [0.1, 0.15) is 24.3 Å². The molecule has 16 heteroatoms. The fraction of sp³-hybridized carbons (Fsp3) is 0.314. The minimum atomic E-state index is -4.57. The minimum absolute atomic E-state index is 0.00117. The monoisotopic (exact) mass is 742 g/mol. The number of Topliss-reactive ketones (excluding diaryl/α,β-unsaturated/α-hetero) is 1. The van der Waals surface area contributed by atoms with E-state index in [-0.39, 0.29) is 29.3 Å². The van der Waals surface area contributed by atoms with E-state index in [0.717, 1.165) is 16.7 Å². The Kier molecular flexibility index (Phi) is 11.8. The molecule has 0 saturated heterocycles. The second kappa shape index (κ2) is 15.5. The van der Waals surface area contributed by atoms with E-state index < -0.39 is 94.7 Å². The number of amides is 1. The van der Waals surface area contributed by atoms with E-state index in [1.807, 2.05) is 0 Å². The van der Waals surface area contributed by atoms with Gasteiger partial charge in [-0.2, -0.15) is 22.0 Å². The maximum absolute atomic E-state index is 14.2.